The summed E-state index contributed by atoms with van der Waals surface area (Å²) in [6.07, 6.45) is 2.76. The second kappa shape index (κ2) is 8.52. The number of pyridine rings is 1. The number of rotatable bonds is 6. The lowest BCUT2D eigenvalue weighted by atomic mass is 10.1. The fraction of sp³-hybridized carbons (Fsp3) is 0.500. The van der Waals surface area contributed by atoms with E-state index in [1.807, 2.05) is 26.0 Å². The highest BCUT2D eigenvalue weighted by molar-refractivity contribution is 5.90. The topological polar surface area (TPSA) is 92.3 Å². The van der Waals surface area contributed by atoms with Crippen molar-refractivity contribution in [3.63, 3.8) is 0 Å². The third-order valence-electron chi connectivity index (χ3n) is 5.20. The van der Waals surface area contributed by atoms with Crippen LogP contribution in [-0.2, 0) is 0 Å². The molecule has 3 heterocycles. The molecule has 150 valence electrons. The molecule has 0 bridgehead atoms. The summed E-state index contributed by atoms with van der Waals surface area (Å²) in [6.45, 7) is 7.71. The van der Waals surface area contributed by atoms with Crippen molar-refractivity contribution in [2.75, 3.05) is 32.1 Å². The van der Waals surface area contributed by atoms with Gasteiger partial charge in [0.2, 0.25) is 5.82 Å². The molecule has 3 rings (SSSR count). The van der Waals surface area contributed by atoms with E-state index in [9.17, 15) is 4.79 Å². The Kier molecular flexibility index (Phi) is 6.08. The number of ether oxygens (including phenoxy) is 1. The summed E-state index contributed by atoms with van der Waals surface area (Å²) < 4.78 is 5.29. The minimum atomic E-state index is -0.268. The van der Waals surface area contributed by atoms with E-state index in [1.165, 1.54) is 0 Å². The van der Waals surface area contributed by atoms with Crippen molar-refractivity contribution in [1.29, 1.82) is 0 Å². The Morgan fingerprint density at radius 3 is 2.86 bits per heavy atom. The number of aryl methyl sites for hydroxylation is 1. The van der Waals surface area contributed by atoms with Crippen molar-refractivity contribution < 1.29 is 9.53 Å². The van der Waals surface area contributed by atoms with Crippen LogP contribution in [0.15, 0.2) is 18.3 Å². The Balaban J connectivity index is 1.71. The molecule has 2 atom stereocenters. The molecule has 0 aromatic carbocycles. The molecule has 0 radical (unpaired) electrons. The van der Waals surface area contributed by atoms with Gasteiger partial charge in [-0.3, -0.25) is 9.78 Å². The van der Waals surface area contributed by atoms with E-state index < -0.39 is 0 Å². The Bertz CT molecular complexity index is 857. The Hall–Kier alpha value is -2.74. The maximum atomic E-state index is 12.0. The van der Waals surface area contributed by atoms with Crippen molar-refractivity contribution in [1.82, 2.24) is 25.6 Å². The van der Waals surface area contributed by atoms with Crippen LogP contribution in [0.4, 0.5) is 5.82 Å². The van der Waals surface area contributed by atoms with Crippen molar-refractivity contribution in [2.45, 2.75) is 39.3 Å². The molecule has 1 aliphatic heterocycles. The zero-order valence-electron chi connectivity index (χ0n) is 17.1. The van der Waals surface area contributed by atoms with Gasteiger partial charge in [-0.1, -0.05) is 0 Å². The van der Waals surface area contributed by atoms with E-state index in [4.69, 9.17) is 4.74 Å². The fourth-order valence-electron chi connectivity index (χ4n) is 3.45. The molecule has 0 saturated carbocycles. The standard InChI is InChI=1S/C20H28N6O2/c1-12-13(2)24-18(20(27)21-4)25-19(12)26-9-7-15(11-26)23-14(3)17-10-16(28-5)6-8-22-17/h6,8,10,14-15,23H,7,9,11H2,1-5H3,(H,21,27)/t14?,15-/m1/s1. The van der Waals surface area contributed by atoms with E-state index in [2.05, 4.69) is 37.4 Å². The number of nitrogens with zero attached hydrogens (tertiary/aromatic N) is 4. The lowest BCUT2D eigenvalue weighted by molar-refractivity contribution is 0.0952. The average molecular weight is 384 g/mol. The first-order valence-electron chi connectivity index (χ1n) is 9.51. The van der Waals surface area contributed by atoms with Gasteiger partial charge in [0.1, 0.15) is 11.6 Å². The number of carbonyl (C=O) groups excluding carboxylic acids is 1. The average Bonchev–Trinajstić information content (AvgIpc) is 3.17. The number of methoxy groups -OCH3 is 1. The first-order valence-corrected chi connectivity index (χ1v) is 9.51. The van der Waals surface area contributed by atoms with Crippen LogP contribution in [0, 0.1) is 13.8 Å². The van der Waals surface area contributed by atoms with Crippen LogP contribution in [0.25, 0.3) is 0 Å². The summed E-state index contributed by atoms with van der Waals surface area (Å²) in [5, 5.41) is 6.24. The molecule has 1 amide bonds. The molecule has 0 aliphatic carbocycles. The van der Waals surface area contributed by atoms with Gasteiger partial charge in [0.25, 0.3) is 5.91 Å². The van der Waals surface area contributed by atoms with Crippen LogP contribution in [0.2, 0.25) is 0 Å². The zero-order valence-corrected chi connectivity index (χ0v) is 17.1. The molecule has 2 aromatic rings. The highest BCUT2D eigenvalue weighted by Gasteiger charge is 2.27. The largest absolute Gasteiger partial charge is 0.497 e. The number of anilines is 1. The molecular weight excluding hydrogens is 356 g/mol. The summed E-state index contributed by atoms with van der Waals surface area (Å²) in [5.74, 6) is 1.59. The molecule has 1 aliphatic rings. The number of aromatic nitrogens is 3. The Morgan fingerprint density at radius 2 is 2.14 bits per heavy atom. The second-order valence-electron chi connectivity index (χ2n) is 7.10. The van der Waals surface area contributed by atoms with E-state index in [1.54, 1.807) is 20.4 Å². The van der Waals surface area contributed by atoms with E-state index in [0.717, 1.165) is 48.0 Å². The van der Waals surface area contributed by atoms with Crippen LogP contribution in [0.5, 0.6) is 5.75 Å². The highest BCUT2D eigenvalue weighted by Crippen LogP contribution is 2.25. The second-order valence-corrected chi connectivity index (χ2v) is 7.10. The molecule has 0 spiro atoms. The van der Waals surface area contributed by atoms with Gasteiger partial charge in [0.15, 0.2) is 0 Å². The quantitative estimate of drug-likeness (QED) is 0.784. The van der Waals surface area contributed by atoms with E-state index >= 15 is 0 Å². The van der Waals surface area contributed by atoms with Gasteiger partial charge >= 0.3 is 0 Å². The van der Waals surface area contributed by atoms with Gasteiger partial charge < -0.3 is 20.3 Å². The van der Waals surface area contributed by atoms with Crippen LogP contribution in [-0.4, -0.2) is 54.1 Å². The van der Waals surface area contributed by atoms with Gasteiger partial charge in [0.05, 0.1) is 12.8 Å². The molecule has 8 heteroatoms. The minimum Gasteiger partial charge on any atom is -0.497 e. The third kappa shape index (κ3) is 4.22. The first-order chi connectivity index (χ1) is 13.4. The van der Waals surface area contributed by atoms with Gasteiger partial charge in [-0.2, -0.15) is 0 Å². The molecule has 1 fully saturated rings. The highest BCUT2D eigenvalue weighted by atomic mass is 16.5. The molecular formula is C20H28N6O2. The maximum absolute atomic E-state index is 12.0. The van der Waals surface area contributed by atoms with Gasteiger partial charge in [-0.25, -0.2) is 9.97 Å². The minimum absolute atomic E-state index is 0.106. The van der Waals surface area contributed by atoms with Crippen LogP contribution in [0.3, 0.4) is 0 Å². The van der Waals surface area contributed by atoms with Gasteiger partial charge in [-0.15, -0.1) is 0 Å². The molecule has 28 heavy (non-hydrogen) atoms. The number of hydrogen-bond acceptors (Lipinski definition) is 7. The molecule has 2 N–H and O–H groups in total. The van der Waals surface area contributed by atoms with Crippen LogP contribution >= 0.6 is 0 Å². The predicted molar refractivity (Wildman–Crippen MR) is 108 cm³/mol. The van der Waals surface area contributed by atoms with Crippen LogP contribution < -0.4 is 20.3 Å². The summed E-state index contributed by atoms with van der Waals surface area (Å²) in [6, 6.07) is 4.21. The summed E-state index contributed by atoms with van der Waals surface area (Å²) in [7, 11) is 3.25. The SMILES string of the molecule is CNC(=O)c1nc(C)c(C)c(N2CC[C@@H](NC(C)c3cc(OC)ccn3)C2)n1. The van der Waals surface area contributed by atoms with Gasteiger partial charge in [0, 0.05) is 55.7 Å². The third-order valence-corrected chi connectivity index (χ3v) is 5.20. The summed E-state index contributed by atoms with van der Waals surface area (Å²) in [4.78, 5) is 27.5. The molecule has 1 unspecified atom stereocenters. The fourth-order valence-corrected chi connectivity index (χ4v) is 3.45. The Labute approximate surface area is 165 Å². The number of nitrogens with one attached hydrogen (secondary N) is 2. The number of carbonyl (C=O) groups is 1. The maximum Gasteiger partial charge on any atom is 0.288 e. The van der Waals surface area contributed by atoms with Crippen molar-refractivity contribution >= 4 is 11.7 Å². The Morgan fingerprint density at radius 1 is 1.36 bits per heavy atom. The smallest absolute Gasteiger partial charge is 0.288 e. The van der Waals surface area contributed by atoms with Crippen molar-refractivity contribution in [3.8, 4) is 5.75 Å². The monoisotopic (exact) mass is 384 g/mol. The van der Waals surface area contributed by atoms with Gasteiger partial charge in [-0.05, 0) is 33.3 Å². The molecule has 1 saturated heterocycles. The first kappa shape index (κ1) is 20.0. The lowest BCUT2D eigenvalue weighted by Gasteiger charge is -2.23. The van der Waals surface area contributed by atoms with E-state index in [0.29, 0.717) is 6.04 Å². The lowest BCUT2D eigenvalue weighted by Crippen LogP contribution is -2.35. The zero-order chi connectivity index (χ0) is 20.3. The summed E-state index contributed by atoms with van der Waals surface area (Å²) in [5.41, 5.74) is 2.79. The normalized spacial score (nSPS) is 17.5. The molecule has 2 aromatic heterocycles. The van der Waals surface area contributed by atoms with Crippen LogP contribution in [0.1, 0.15) is 47.0 Å². The summed E-state index contributed by atoms with van der Waals surface area (Å²) >= 11 is 0. The number of amides is 1. The molecule has 8 nitrogen and oxygen atoms in total. The van der Waals surface area contributed by atoms with Crippen molar-refractivity contribution in [3.05, 3.63) is 41.1 Å². The number of hydrogen-bond donors (Lipinski definition) is 2. The predicted octanol–water partition coefficient (Wildman–Crippen LogP) is 1.79. The van der Waals surface area contributed by atoms with E-state index in [-0.39, 0.29) is 17.8 Å². The van der Waals surface area contributed by atoms with Crippen molar-refractivity contribution in [2.24, 2.45) is 0 Å².